The van der Waals surface area contributed by atoms with Gasteiger partial charge in [-0.2, -0.15) is 5.10 Å². The minimum Gasteiger partial charge on any atom is -0.303 e. The molecular weight excluding hydrogens is 290 g/mol. The van der Waals surface area contributed by atoms with E-state index in [1.807, 2.05) is 0 Å². The maximum absolute atomic E-state index is 11.9. The van der Waals surface area contributed by atoms with E-state index >= 15 is 0 Å². The molecule has 0 fully saturated rings. The van der Waals surface area contributed by atoms with Crippen molar-refractivity contribution < 1.29 is 4.79 Å². The van der Waals surface area contributed by atoms with Crippen LogP contribution in [0.25, 0.3) is 5.65 Å². The lowest BCUT2D eigenvalue weighted by molar-refractivity contribution is 0.0951. The molecule has 2 aromatic heterocycles. The third kappa shape index (κ3) is 3.06. The molecule has 0 bridgehead atoms. The molecule has 0 spiro atoms. The molecule has 3 aromatic rings. The molecule has 0 saturated heterocycles. The Hall–Kier alpha value is -2.73. The molecule has 21 heavy (non-hydrogen) atoms. The van der Waals surface area contributed by atoms with E-state index in [9.17, 15) is 4.79 Å². The van der Waals surface area contributed by atoms with Crippen molar-refractivity contribution in [1.29, 1.82) is 0 Å². The van der Waals surface area contributed by atoms with Crippen molar-refractivity contribution in [3.8, 4) is 0 Å². The van der Waals surface area contributed by atoms with Gasteiger partial charge in [0.15, 0.2) is 5.65 Å². The zero-order valence-electron chi connectivity index (χ0n) is 10.8. The summed E-state index contributed by atoms with van der Waals surface area (Å²) in [6.45, 7) is 0. The number of nitrogens with zero attached hydrogens (tertiary/aromatic N) is 4. The summed E-state index contributed by atoms with van der Waals surface area (Å²) in [4.78, 5) is 20.0. The van der Waals surface area contributed by atoms with Gasteiger partial charge in [0.05, 0.1) is 12.4 Å². The van der Waals surface area contributed by atoms with E-state index in [1.165, 1.54) is 6.21 Å². The predicted octanol–water partition coefficient (Wildman–Crippen LogP) is 2.15. The second-order valence-electron chi connectivity index (χ2n) is 4.22. The van der Waals surface area contributed by atoms with Crippen LogP contribution in [0.15, 0.2) is 54.2 Å². The van der Waals surface area contributed by atoms with Gasteiger partial charge in [-0.15, -0.1) is 0 Å². The van der Waals surface area contributed by atoms with Gasteiger partial charge >= 0.3 is 0 Å². The van der Waals surface area contributed by atoms with Gasteiger partial charge in [0.25, 0.3) is 5.91 Å². The smallest absolute Gasteiger partial charge is 0.291 e. The molecule has 0 saturated carbocycles. The predicted molar refractivity (Wildman–Crippen MR) is 79.5 cm³/mol. The van der Waals surface area contributed by atoms with Gasteiger partial charge in [0, 0.05) is 23.6 Å². The molecule has 104 valence electrons. The van der Waals surface area contributed by atoms with Crippen LogP contribution in [0.4, 0.5) is 0 Å². The number of benzene rings is 1. The topological polar surface area (TPSA) is 71.7 Å². The molecule has 6 nitrogen and oxygen atoms in total. The molecule has 1 aromatic carbocycles. The molecule has 1 amide bonds. The van der Waals surface area contributed by atoms with E-state index in [4.69, 9.17) is 11.6 Å². The van der Waals surface area contributed by atoms with Crippen molar-refractivity contribution in [2.75, 3.05) is 0 Å². The van der Waals surface area contributed by atoms with Crippen molar-refractivity contribution in [2.24, 2.45) is 5.10 Å². The third-order valence-corrected chi connectivity index (χ3v) is 3.00. The Labute approximate surface area is 125 Å². The van der Waals surface area contributed by atoms with E-state index in [-0.39, 0.29) is 11.6 Å². The molecule has 3 rings (SSSR count). The van der Waals surface area contributed by atoms with E-state index in [2.05, 4.69) is 20.5 Å². The Morgan fingerprint density at radius 2 is 2.14 bits per heavy atom. The van der Waals surface area contributed by atoms with Crippen LogP contribution in [0.5, 0.6) is 0 Å². The van der Waals surface area contributed by atoms with Crippen LogP contribution in [0, 0.1) is 0 Å². The van der Waals surface area contributed by atoms with Crippen LogP contribution >= 0.6 is 11.6 Å². The minimum atomic E-state index is -0.385. The normalized spacial score (nSPS) is 11.1. The molecule has 1 N–H and O–H groups in total. The van der Waals surface area contributed by atoms with Gasteiger partial charge in [-0.05, 0) is 17.7 Å². The lowest BCUT2D eigenvalue weighted by Crippen LogP contribution is -2.17. The number of fused-ring (bicyclic) bond motifs is 1. The number of nitrogens with one attached hydrogen (secondary N) is 1. The maximum Gasteiger partial charge on any atom is 0.291 e. The van der Waals surface area contributed by atoms with Gasteiger partial charge in [0.1, 0.15) is 5.69 Å². The Balaban J connectivity index is 1.70. The summed E-state index contributed by atoms with van der Waals surface area (Å²) in [6.07, 6.45) is 8.06. The van der Waals surface area contributed by atoms with Gasteiger partial charge < -0.3 is 4.40 Å². The number of imidazole rings is 1. The monoisotopic (exact) mass is 299 g/mol. The first-order valence-electron chi connectivity index (χ1n) is 6.10. The highest BCUT2D eigenvalue weighted by Gasteiger charge is 2.09. The Morgan fingerprint density at radius 1 is 1.33 bits per heavy atom. The molecule has 0 unspecified atom stereocenters. The third-order valence-electron chi connectivity index (χ3n) is 2.75. The van der Waals surface area contributed by atoms with Gasteiger partial charge in [0.2, 0.25) is 0 Å². The first-order chi connectivity index (χ1) is 10.2. The molecule has 0 aliphatic rings. The lowest BCUT2D eigenvalue weighted by atomic mass is 10.2. The summed E-state index contributed by atoms with van der Waals surface area (Å²) in [6, 6.07) is 7.10. The van der Waals surface area contributed by atoms with E-state index in [1.54, 1.807) is 53.5 Å². The molecule has 0 radical (unpaired) electrons. The van der Waals surface area contributed by atoms with Gasteiger partial charge in [-0.25, -0.2) is 10.4 Å². The highest BCUT2D eigenvalue weighted by molar-refractivity contribution is 6.30. The van der Waals surface area contributed by atoms with Crippen molar-refractivity contribution >= 4 is 29.4 Å². The lowest BCUT2D eigenvalue weighted by Gasteiger charge is -1.95. The summed E-state index contributed by atoms with van der Waals surface area (Å²) in [5.74, 6) is -0.385. The molecule has 0 atom stereocenters. The van der Waals surface area contributed by atoms with Crippen LogP contribution in [0.1, 0.15) is 16.1 Å². The van der Waals surface area contributed by atoms with Gasteiger partial charge in [-0.1, -0.05) is 23.7 Å². The highest BCUT2D eigenvalue weighted by atomic mass is 35.5. The van der Waals surface area contributed by atoms with E-state index in [0.717, 1.165) is 5.56 Å². The number of hydrazone groups is 1. The largest absolute Gasteiger partial charge is 0.303 e. The summed E-state index contributed by atoms with van der Waals surface area (Å²) in [5, 5.41) is 4.53. The summed E-state index contributed by atoms with van der Waals surface area (Å²) < 4.78 is 1.71. The number of amides is 1. The second-order valence-corrected chi connectivity index (χ2v) is 4.66. The number of aromatic nitrogens is 3. The quantitative estimate of drug-likeness (QED) is 0.595. The van der Waals surface area contributed by atoms with Crippen LogP contribution in [-0.2, 0) is 0 Å². The molecule has 0 aliphatic heterocycles. The fourth-order valence-electron chi connectivity index (χ4n) is 1.72. The molecular formula is C14H10ClN5O. The summed E-state index contributed by atoms with van der Waals surface area (Å²) >= 11 is 5.78. The SMILES string of the molecule is O=C(N/N=C\c1ccc(Cl)cc1)c1cn2ccncc2n1. The zero-order chi connectivity index (χ0) is 14.7. The number of rotatable bonds is 3. The highest BCUT2D eigenvalue weighted by Crippen LogP contribution is 2.07. The van der Waals surface area contributed by atoms with Crippen molar-refractivity contribution in [1.82, 2.24) is 19.8 Å². The van der Waals surface area contributed by atoms with Crippen LogP contribution in [0.2, 0.25) is 5.02 Å². The molecule has 0 aliphatic carbocycles. The standard InChI is InChI=1S/C14H10ClN5O/c15-11-3-1-10(2-4-11)7-17-19-14(21)12-9-20-6-5-16-8-13(20)18-12/h1-9H,(H,19,21)/b17-7-. The van der Waals surface area contributed by atoms with Gasteiger partial charge in [-0.3, -0.25) is 9.78 Å². The summed E-state index contributed by atoms with van der Waals surface area (Å²) in [5.41, 5.74) is 4.13. The number of hydrogen-bond donors (Lipinski definition) is 1. The number of carbonyl (C=O) groups excluding carboxylic acids is 1. The zero-order valence-corrected chi connectivity index (χ0v) is 11.5. The van der Waals surface area contributed by atoms with E-state index < -0.39 is 0 Å². The Bertz CT molecular complexity index is 777. The average Bonchev–Trinajstić information content (AvgIpc) is 2.93. The number of carbonyl (C=O) groups is 1. The maximum atomic E-state index is 11.9. The fraction of sp³-hybridized carbons (Fsp3) is 0. The minimum absolute atomic E-state index is 0.274. The number of halogens is 1. The molecule has 7 heteroatoms. The van der Waals surface area contributed by atoms with Crippen molar-refractivity contribution in [3.63, 3.8) is 0 Å². The van der Waals surface area contributed by atoms with Crippen LogP contribution < -0.4 is 5.43 Å². The first-order valence-corrected chi connectivity index (χ1v) is 6.48. The Kier molecular flexibility index (Phi) is 3.61. The number of hydrogen-bond acceptors (Lipinski definition) is 4. The summed E-state index contributed by atoms with van der Waals surface area (Å²) in [7, 11) is 0. The first kappa shape index (κ1) is 13.3. The van der Waals surface area contributed by atoms with E-state index in [0.29, 0.717) is 10.7 Å². The second kappa shape index (κ2) is 5.72. The van der Waals surface area contributed by atoms with Crippen LogP contribution in [-0.4, -0.2) is 26.5 Å². The fourth-order valence-corrected chi connectivity index (χ4v) is 1.85. The van der Waals surface area contributed by atoms with Crippen molar-refractivity contribution in [3.05, 3.63) is 65.3 Å². The van der Waals surface area contributed by atoms with Crippen LogP contribution in [0.3, 0.4) is 0 Å². The average molecular weight is 300 g/mol. The van der Waals surface area contributed by atoms with Crippen molar-refractivity contribution in [2.45, 2.75) is 0 Å². The molecule has 2 heterocycles. The Morgan fingerprint density at radius 3 is 2.90 bits per heavy atom.